The molecule has 3 nitrogen and oxygen atoms in total. The third-order valence-corrected chi connectivity index (χ3v) is 3.76. The van der Waals surface area contributed by atoms with Gasteiger partial charge in [0, 0.05) is 12.2 Å². The number of carbonyl (C=O) groups is 1. The second kappa shape index (κ2) is 4.49. The molecule has 2 aliphatic heterocycles. The number of piperidine rings is 1. The van der Waals surface area contributed by atoms with Crippen LogP contribution in [-0.2, 0) is 11.2 Å². The third kappa shape index (κ3) is 1.95. The number of anilines is 1. The van der Waals surface area contributed by atoms with Crippen molar-refractivity contribution in [2.45, 2.75) is 31.7 Å². The SMILES string of the molecule is O=C([C@@H]1CCCCN1)N1CCc2ccccc21. The topological polar surface area (TPSA) is 32.3 Å². The molecule has 0 bridgehead atoms. The molecule has 0 unspecified atom stereocenters. The molecule has 17 heavy (non-hydrogen) atoms. The van der Waals surface area contributed by atoms with E-state index in [1.165, 1.54) is 18.4 Å². The van der Waals surface area contributed by atoms with E-state index in [4.69, 9.17) is 0 Å². The average Bonchev–Trinajstić information content (AvgIpc) is 2.83. The molecule has 0 aromatic heterocycles. The second-order valence-electron chi connectivity index (χ2n) is 4.87. The van der Waals surface area contributed by atoms with Crippen LogP contribution in [0.25, 0.3) is 0 Å². The first-order valence-corrected chi connectivity index (χ1v) is 6.49. The van der Waals surface area contributed by atoms with Crippen LogP contribution < -0.4 is 10.2 Å². The lowest BCUT2D eigenvalue weighted by atomic mass is 10.0. The minimum atomic E-state index is 0.0370. The van der Waals surface area contributed by atoms with Crippen molar-refractivity contribution in [1.82, 2.24) is 5.32 Å². The zero-order chi connectivity index (χ0) is 11.7. The van der Waals surface area contributed by atoms with Gasteiger partial charge in [0.25, 0.3) is 0 Å². The van der Waals surface area contributed by atoms with Gasteiger partial charge in [-0.3, -0.25) is 4.79 Å². The normalized spacial score (nSPS) is 23.5. The highest BCUT2D eigenvalue weighted by atomic mass is 16.2. The van der Waals surface area contributed by atoms with E-state index >= 15 is 0 Å². The van der Waals surface area contributed by atoms with Crippen molar-refractivity contribution >= 4 is 11.6 Å². The van der Waals surface area contributed by atoms with Gasteiger partial charge < -0.3 is 10.2 Å². The van der Waals surface area contributed by atoms with Gasteiger partial charge in [-0.05, 0) is 37.4 Å². The number of hydrogen-bond acceptors (Lipinski definition) is 2. The summed E-state index contributed by atoms with van der Waals surface area (Å²) in [6.07, 6.45) is 4.34. The summed E-state index contributed by atoms with van der Waals surface area (Å²) >= 11 is 0. The fraction of sp³-hybridized carbons (Fsp3) is 0.500. The molecular formula is C14H18N2O. The smallest absolute Gasteiger partial charge is 0.244 e. The van der Waals surface area contributed by atoms with Crippen molar-refractivity contribution in [1.29, 1.82) is 0 Å². The van der Waals surface area contributed by atoms with Gasteiger partial charge in [-0.1, -0.05) is 24.6 Å². The Morgan fingerprint density at radius 3 is 3.00 bits per heavy atom. The van der Waals surface area contributed by atoms with Crippen molar-refractivity contribution in [3.05, 3.63) is 29.8 Å². The van der Waals surface area contributed by atoms with Gasteiger partial charge >= 0.3 is 0 Å². The molecule has 0 saturated carbocycles. The van der Waals surface area contributed by atoms with Gasteiger partial charge in [-0.25, -0.2) is 0 Å². The van der Waals surface area contributed by atoms with Crippen LogP contribution in [0, 0.1) is 0 Å². The quantitative estimate of drug-likeness (QED) is 0.796. The molecule has 1 amide bonds. The number of fused-ring (bicyclic) bond motifs is 1. The second-order valence-corrected chi connectivity index (χ2v) is 4.87. The predicted octanol–water partition coefficient (Wildman–Crippen LogP) is 1.72. The van der Waals surface area contributed by atoms with Crippen molar-refractivity contribution < 1.29 is 4.79 Å². The van der Waals surface area contributed by atoms with E-state index < -0.39 is 0 Å². The van der Waals surface area contributed by atoms with Crippen molar-refractivity contribution in [2.24, 2.45) is 0 Å². The summed E-state index contributed by atoms with van der Waals surface area (Å²) < 4.78 is 0. The lowest BCUT2D eigenvalue weighted by Crippen LogP contribution is -2.48. The molecule has 1 aromatic carbocycles. The molecule has 2 aliphatic rings. The number of carbonyl (C=O) groups excluding carboxylic acids is 1. The van der Waals surface area contributed by atoms with Crippen LogP contribution in [-0.4, -0.2) is 25.0 Å². The number of nitrogens with one attached hydrogen (secondary N) is 1. The van der Waals surface area contributed by atoms with E-state index in [0.717, 1.165) is 31.6 Å². The molecule has 1 atom stereocenters. The van der Waals surface area contributed by atoms with Gasteiger partial charge in [-0.2, -0.15) is 0 Å². The molecule has 90 valence electrons. The van der Waals surface area contributed by atoms with Crippen LogP contribution in [0.5, 0.6) is 0 Å². The molecule has 1 N–H and O–H groups in total. The lowest BCUT2D eigenvalue weighted by molar-refractivity contribution is -0.121. The highest BCUT2D eigenvalue weighted by Crippen LogP contribution is 2.28. The molecule has 1 fully saturated rings. The van der Waals surface area contributed by atoms with Crippen molar-refractivity contribution in [2.75, 3.05) is 18.0 Å². The molecule has 1 aromatic rings. The highest BCUT2D eigenvalue weighted by molar-refractivity contribution is 5.99. The predicted molar refractivity (Wildman–Crippen MR) is 68.1 cm³/mol. The average molecular weight is 230 g/mol. The van der Waals surface area contributed by atoms with E-state index in [9.17, 15) is 4.79 Å². The molecule has 3 rings (SSSR count). The van der Waals surface area contributed by atoms with Gasteiger partial charge in [0.1, 0.15) is 0 Å². The zero-order valence-electron chi connectivity index (χ0n) is 9.98. The summed E-state index contributed by atoms with van der Waals surface area (Å²) in [6.45, 7) is 1.82. The molecule has 3 heteroatoms. The maximum absolute atomic E-state index is 12.4. The first-order chi connectivity index (χ1) is 8.36. The number of para-hydroxylation sites is 1. The van der Waals surface area contributed by atoms with E-state index in [1.54, 1.807) is 0 Å². The standard InChI is InChI=1S/C14H18N2O/c17-14(12-6-3-4-9-15-12)16-10-8-11-5-1-2-7-13(11)16/h1-2,5,7,12,15H,3-4,6,8-10H2/t12-/m0/s1. The Hall–Kier alpha value is -1.35. The maximum atomic E-state index is 12.4. The summed E-state index contributed by atoms with van der Waals surface area (Å²) in [7, 11) is 0. The molecule has 2 heterocycles. The first-order valence-electron chi connectivity index (χ1n) is 6.49. The Morgan fingerprint density at radius 2 is 2.18 bits per heavy atom. The monoisotopic (exact) mass is 230 g/mol. The number of nitrogens with zero attached hydrogens (tertiary/aromatic N) is 1. The number of hydrogen-bond donors (Lipinski definition) is 1. The Bertz CT molecular complexity index is 424. The van der Waals surface area contributed by atoms with Gasteiger partial charge in [0.2, 0.25) is 5.91 Å². The zero-order valence-corrected chi connectivity index (χ0v) is 9.98. The summed E-state index contributed by atoms with van der Waals surface area (Å²) in [6, 6.07) is 8.28. The van der Waals surface area contributed by atoms with Crippen molar-refractivity contribution in [3.8, 4) is 0 Å². The summed E-state index contributed by atoms with van der Waals surface area (Å²) in [5.74, 6) is 0.259. The van der Waals surface area contributed by atoms with Crippen LogP contribution in [0.4, 0.5) is 5.69 Å². The van der Waals surface area contributed by atoms with Crippen molar-refractivity contribution in [3.63, 3.8) is 0 Å². The van der Waals surface area contributed by atoms with Crippen LogP contribution in [0.2, 0.25) is 0 Å². The van der Waals surface area contributed by atoms with E-state index in [-0.39, 0.29) is 11.9 Å². The Balaban J connectivity index is 1.79. The van der Waals surface area contributed by atoms with Gasteiger partial charge in [-0.15, -0.1) is 0 Å². The number of rotatable bonds is 1. The minimum Gasteiger partial charge on any atom is -0.310 e. The van der Waals surface area contributed by atoms with Crippen LogP contribution in [0.1, 0.15) is 24.8 Å². The maximum Gasteiger partial charge on any atom is 0.244 e. The minimum absolute atomic E-state index is 0.0370. The van der Waals surface area contributed by atoms with E-state index in [0.29, 0.717) is 0 Å². The highest BCUT2D eigenvalue weighted by Gasteiger charge is 2.30. The molecule has 0 radical (unpaired) electrons. The third-order valence-electron chi connectivity index (χ3n) is 3.76. The van der Waals surface area contributed by atoms with Crippen LogP contribution in [0.3, 0.4) is 0 Å². The Labute approximate surface area is 102 Å². The largest absolute Gasteiger partial charge is 0.310 e. The fourth-order valence-electron chi connectivity index (χ4n) is 2.82. The van der Waals surface area contributed by atoms with E-state index in [1.807, 2.05) is 17.0 Å². The molecular weight excluding hydrogens is 212 g/mol. The van der Waals surface area contributed by atoms with Gasteiger partial charge in [0.05, 0.1) is 6.04 Å². The Morgan fingerprint density at radius 1 is 1.29 bits per heavy atom. The Kier molecular flexibility index (Phi) is 2.85. The lowest BCUT2D eigenvalue weighted by Gasteiger charge is -2.27. The van der Waals surface area contributed by atoms with Crippen LogP contribution in [0.15, 0.2) is 24.3 Å². The number of benzene rings is 1. The summed E-state index contributed by atoms with van der Waals surface area (Å²) in [5, 5.41) is 3.34. The first kappa shape index (κ1) is 10.8. The molecule has 0 aliphatic carbocycles. The van der Waals surface area contributed by atoms with E-state index in [2.05, 4.69) is 17.4 Å². The van der Waals surface area contributed by atoms with Crippen LogP contribution >= 0.6 is 0 Å². The number of amides is 1. The summed E-state index contributed by atoms with van der Waals surface area (Å²) in [4.78, 5) is 14.4. The molecule has 1 saturated heterocycles. The molecule has 0 spiro atoms. The van der Waals surface area contributed by atoms with Gasteiger partial charge in [0.15, 0.2) is 0 Å². The fourth-order valence-corrected chi connectivity index (χ4v) is 2.82. The summed E-state index contributed by atoms with van der Waals surface area (Å²) in [5.41, 5.74) is 2.42.